The van der Waals surface area contributed by atoms with Crippen molar-refractivity contribution in [2.24, 2.45) is 0 Å². The number of carboxylic acid groups (broad SMARTS) is 1. The predicted octanol–water partition coefficient (Wildman–Crippen LogP) is 7.22. The van der Waals surface area contributed by atoms with Gasteiger partial charge in [0.15, 0.2) is 11.7 Å². The van der Waals surface area contributed by atoms with E-state index in [4.69, 9.17) is 25.6 Å². The molecule has 40 heavy (non-hydrogen) atoms. The molecule has 0 unspecified atom stereocenters. The van der Waals surface area contributed by atoms with Crippen LogP contribution < -0.4 is 14.2 Å². The van der Waals surface area contributed by atoms with Crippen LogP contribution in [0.15, 0.2) is 59.1 Å². The number of hydrogen-bond acceptors (Lipinski definition) is 6. The normalized spacial score (nSPS) is 12.6. The molecule has 0 bridgehead atoms. The lowest BCUT2D eigenvalue weighted by Gasteiger charge is -2.15. The zero-order valence-electron chi connectivity index (χ0n) is 21.4. The molecule has 0 amide bonds. The van der Waals surface area contributed by atoms with Crippen LogP contribution in [0.4, 0.5) is 13.2 Å². The average molecular weight is 575 g/mol. The third kappa shape index (κ3) is 5.24. The quantitative estimate of drug-likeness (QED) is 0.209. The van der Waals surface area contributed by atoms with Crippen molar-refractivity contribution in [3.05, 3.63) is 70.9 Å². The molecular weight excluding hydrogens is 553 g/mol. The Hall–Kier alpha value is -4.38. The summed E-state index contributed by atoms with van der Waals surface area (Å²) >= 11 is 6.48. The molecule has 8 nitrogen and oxygen atoms in total. The summed E-state index contributed by atoms with van der Waals surface area (Å²) < 4.78 is 61.5. The van der Waals surface area contributed by atoms with E-state index >= 15 is 0 Å². The molecule has 1 atom stereocenters. The Labute approximate surface area is 230 Å². The van der Waals surface area contributed by atoms with E-state index < -0.39 is 24.2 Å². The number of methoxy groups -OCH3 is 1. The van der Waals surface area contributed by atoms with Crippen LogP contribution >= 0.6 is 11.6 Å². The minimum atomic E-state index is -4.87. The lowest BCUT2D eigenvalue weighted by atomic mass is 10.0. The second-order valence-electron chi connectivity index (χ2n) is 9.02. The van der Waals surface area contributed by atoms with Gasteiger partial charge in [-0.15, -0.1) is 13.2 Å². The fourth-order valence-electron chi connectivity index (χ4n) is 4.55. The summed E-state index contributed by atoms with van der Waals surface area (Å²) in [6, 6.07) is 14.0. The van der Waals surface area contributed by atoms with Crippen molar-refractivity contribution in [2.45, 2.75) is 32.9 Å². The summed E-state index contributed by atoms with van der Waals surface area (Å²) in [5.41, 5.74) is 3.29. The van der Waals surface area contributed by atoms with Gasteiger partial charge in [0.25, 0.3) is 0 Å². The van der Waals surface area contributed by atoms with Crippen LogP contribution in [0, 0.1) is 6.92 Å². The third-order valence-corrected chi connectivity index (χ3v) is 6.82. The van der Waals surface area contributed by atoms with Gasteiger partial charge in [0.1, 0.15) is 22.9 Å². The van der Waals surface area contributed by atoms with Crippen LogP contribution in [-0.2, 0) is 11.3 Å². The van der Waals surface area contributed by atoms with E-state index in [-0.39, 0.29) is 12.3 Å². The van der Waals surface area contributed by atoms with Crippen molar-refractivity contribution in [3.8, 4) is 28.5 Å². The van der Waals surface area contributed by atoms with Crippen molar-refractivity contribution in [1.82, 2.24) is 9.72 Å². The number of halogens is 4. The number of fused-ring (bicyclic) bond motifs is 2. The molecule has 0 aliphatic carbocycles. The number of hydrogen-bond donors (Lipinski definition) is 1. The van der Waals surface area contributed by atoms with Crippen LogP contribution in [-0.4, -0.2) is 40.4 Å². The second kappa shape index (κ2) is 10.3. The number of rotatable bonds is 8. The summed E-state index contributed by atoms with van der Waals surface area (Å²) in [6.45, 7) is 3.33. The molecule has 5 aromatic rings. The van der Waals surface area contributed by atoms with Crippen LogP contribution in [0.1, 0.15) is 18.2 Å². The third-order valence-electron chi connectivity index (χ3n) is 6.45. The topological polar surface area (TPSA) is 96.0 Å². The first-order valence-electron chi connectivity index (χ1n) is 12.0. The van der Waals surface area contributed by atoms with Gasteiger partial charge in [-0.2, -0.15) is 0 Å². The van der Waals surface area contributed by atoms with E-state index in [1.165, 1.54) is 32.2 Å². The first kappa shape index (κ1) is 27.2. The highest BCUT2D eigenvalue weighted by atomic mass is 35.5. The maximum atomic E-state index is 13.1. The maximum absolute atomic E-state index is 13.1. The maximum Gasteiger partial charge on any atom is 0.573 e. The second-order valence-corrected chi connectivity index (χ2v) is 9.43. The molecule has 0 aliphatic rings. The van der Waals surface area contributed by atoms with Gasteiger partial charge in [0.2, 0.25) is 0 Å². The number of carbonyl (C=O) groups is 1. The largest absolute Gasteiger partial charge is 0.573 e. The Kier molecular flexibility index (Phi) is 7.01. The molecule has 0 fully saturated rings. The summed E-state index contributed by atoms with van der Waals surface area (Å²) in [5, 5.41) is 15.1. The van der Waals surface area contributed by atoms with Gasteiger partial charge in [-0.05, 0) is 61.9 Å². The van der Waals surface area contributed by atoms with E-state index in [0.717, 1.165) is 0 Å². The highest BCUT2D eigenvalue weighted by molar-refractivity contribution is 6.31. The van der Waals surface area contributed by atoms with Crippen molar-refractivity contribution in [3.63, 3.8) is 0 Å². The lowest BCUT2D eigenvalue weighted by molar-refractivity contribution is -0.274. The average Bonchev–Trinajstić information content (AvgIpc) is 3.42. The monoisotopic (exact) mass is 574 g/mol. The molecule has 0 saturated heterocycles. The molecule has 12 heteroatoms. The Morgan fingerprint density at radius 3 is 2.48 bits per heavy atom. The van der Waals surface area contributed by atoms with Gasteiger partial charge >= 0.3 is 12.3 Å². The molecule has 0 saturated carbocycles. The fourth-order valence-corrected chi connectivity index (χ4v) is 4.73. The number of aromatic nitrogens is 2. The summed E-state index contributed by atoms with van der Waals surface area (Å²) in [6.07, 6.45) is -5.98. The number of carboxylic acids is 1. The highest BCUT2D eigenvalue weighted by Crippen LogP contribution is 2.41. The fraction of sp³-hybridized carbons (Fsp3) is 0.214. The summed E-state index contributed by atoms with van der Waals surface area (Å²) in [4.78, 5) is 11.2. The molecule has 3 aromatic carbocycles. The van der Waals surface area contributed by atoms with Gasteiger partial charge in [0.05, 0.1) is 18.0 Å². The van der Waals surface area contributed by atoms with Crippen LogP contribution in [0.5, 0.6) is 17.2 Å². The predicted molar refractivity (Wildman–Crippen MR) is 141 cm³/mol. The Balaban J connectivity index is 1.67. The van der Waals surface area contributed by atoms with Crippen LogP contribution in [0.2, 0.25) is 5.02 Å². The van der Waals surface area contributed by atoms with E-state index in [2.05, 4.69) is 9.89 Å². The minimum absolute atomic E-state index is 0.124. The zero-order chi connectivity index (χ0) is 28.8. The van der Waals surface area contributed by atoms with E-state index in [0.29, 0.717) is 55.2 Å². The Morgan fingerprint density at radius 1 is 1.07 bits per heavy atom. The van der Waals surface area contributed by atoms with Gasteiger partial charge < -0.3 is 28.4 Å². The first-order chi connectivity index (χ1) is 18.9. The smallest absolute Gasteiger partial charge is 0.497 e. The van der Waals surface area contributed by atoms with Crippen molar-refractivity contribution < 1.29 is 41.8 Å². The standard InChI is InChI=1S/C28H22ClF3N2O6/c1-14-25(26-21-8-4-17(37-3)12-24(21)40-33-26)20-7-5-19(39-28(30,31)32)11-23(20)34(14)13-16-10-18(6-9-22(16)29)38-15(2)27(35)36/h4-12,15H,13H2,1-3H3,(H,35,36)/t15-/m1/s1. The minimum Gasteiger partial charge on any atom is -0.497 e. The molecular formula is C28H22ClF3N2O6. The van der Waals surface area contributed by atoms with E-state index in [1.807, 2.05) is 6.92 Å². The van der Waals surface area contributed by atoms with Gasteiger partial charge in [0, 0.05) is 40.3 Å². The molecule has 0 aliphatic heterocycles. The Morgan fingerprint density at radius 2 is 1.77 bits per heavy atom. The number of alkyl halides is 3. The molecule has 0 radical (unpaired) electrons. The molecule has 208 valence electrons. The summed E-state index contributed by atoms with van der Waals surface area (Å²) in [7, 11) is 1.53. The molecule has 1 N–H and O–H groups in total. The van der Waals surface area contributed by atoms with Crippen LogP contribution in [0.3, 0.4) is 0 Å². The van der Waals surface area contributed by atoms with Crippen molar-refractivity contribution >= 4 is 39.4 Å². The molecule has 5 rings (SSSR count). The van der Waals surface area contributed by atoms with Crippen molar-refractivity contribution in [2.75, 3.05) is 7.11 Å². The first-order valence-corrected chi connectivity index (χ1v) is 12.3. The Bertz CT molecular complexity index is 1740. The number of nitrogens with zero attached hydrogens (tertiary/aromatic N) is 2. The van der Waals surface area contributed by atoms with Gasteiger partial charge in [-0.3, -0.25) is 0 Å². The van der Waals surface area contributed by atoms with Crippen LogP contribution in [0.25, 0.3) is 33.1 Å². The summed E-state index contributed by atoms with van der Waals surface area (Å²) in [5.74, 6) is -0.667. The molecule has 0 spiro atoms. The highest BCUT2D eigenvalue weighted by Gasteiger charge is 2.32. The van der Waals surface area contributed by atoms with E-state index in [1.54, 1.807) is 41.0 Å². The number of aliphatic carboxylic acids is 1. The lowest BCUT2D eigenvalue weighted by Crippen LogP contribution is -2.22. The number of ether oxygens (including phenoxy) is 3. The SMILES string of the molecule is COc1ccc2c(-c3c(C)n(Cc4cc(O[C@H](C)C(=O)O)ccc4Cl)c4cc(OC(F)(F)F)ccc34)noc2c1. The molecule has 2 heterocycles. The van der Waals surface area contributed by atoms with Crippen molar-refractivity contribution in [1.29, 1.82) is 0 Å². The van der Waals surface area contributed by atoms with E-state index in [9.17, 15) is 23.1 Å². The zero-order valence-corrected chi connectivity index (χ0v) is 22.1. The number of benzene rings is 3. The van der Waals surface area contributed by atoms with Gasteiger partial charge in [-0.25, -0.2) is 4.79 Å². The van der Waals surface area contributed by atoms with Gasteiger partial charge in [-0.1, -0.05) is 16.8 Å². The molecule has 2 aromatic heterocycles.